The third kappa shape index (κ3) is 3.85. The number of hydrogen-bond donors (Lipinski definition) is 1. The quantitative estimate of drug-likeness (QED) is 0.217. The van der Waals surface area contributed by atoms with Gasteiger partial charge in [0.15, 0.2) is 0 Å². The molecule has 34 heavy (non-hydrogen) atoms. The number of allylic oxidation sites excluding steroid dienone is 2. The summed E-state index contributed by atoms with van der Waals surface area (Å²) in [4.78, 5) is 0. The standard InChI is InChI=1S/C33H53N/c1-8-11-12-13-15-24(14-9-2)26-17-18-27-25-16-19-29-30(4,5)33(34,10-3)23-22-32(29,7)28(25)20-21-31(26,27)6/h8,10,14,24-29H,1-3,11-13,15-23,34H2,4-7H3. The van der Waals surface area contributed by atoms with Gasteiger partial charge >= 0.3 is 0 Å². The van der Waals surface area contributed by atoms with Crippen molar-refractivity contribution in [2.24, 2.45) is 57.5 Å². The zero-order valence-electron chi connectivity index (χ0n) is 22.9. The van der Waals surface area contributed by atoms with Crippen molar-refractivity contribution in [1.29, 1.82) is 0 Å². The lowest BCUT2D eigenvalue weighted by Crippen LogP contribution is -2.65. The van der Waals surface area contributed by atoms with Crippen LogP contribution in [-0.4, -0.2) is 5.54 Å². The molecule has 0 bridgehead atoms. The third-order valence-corrected chi connectivity index (χ3v) is 12.5. The molecule has 0 aromatic rings. The number of hydrogen-bond acceptors (Lipinski definition) is 1. The highest BCUT2D eigenvalue weighted by Crippen LogP contribution is 2.71. The largest absolute Gasteiger partial charge is 0.321 e. The van der Waals surface area contributed by atoms with Gasteiger partial charge in [-0.1, -0.05) is 52.8 Å². The van der Waals surface area contributed by atoms with Crippen LogP contribution in [0, 0.1) is 51.8 Å². The molecule has 0 heterocycles. The Morgan fingerprint density at radius 3 is 2.32 bits per heavy atom. The van der Waals surface area contributed by atoms with Gasteiger partial charge in [0.05, 0.1) is 0 Å². The monoisotopic (exact) mass is 463 g/mol. The number of nitrogens with two attached hydrogens (primary N) is 1. The molecule has 4 aliphatic rings. The van der Waals surface area contributed by atoms with Crippen molar-refractivity contribution in [2.75, 3.05) is 0 Å². The average molecular weight is 464 g/mol. The lowest BCUT2D eigenvalue weighted by molar-refractivity contribution is -0.161. The summed E-state index contributed by atoms with van der Waals surface area (Å²) in [6, 6.07) is 0. The predicted molar refractivity (Wildman–Crippen MR) is 147 cm³/mol. The first kappa shape index (κ1) is 26.0. The molecule has 4 rings (SSSR count). The minimum Gasteiger partial charge on any atom is -0.321 e. The van der Waals surface area contributed by atoms with Crippen molar-refractivity contribution < 1.29 is 0 Å². The van der Waals surface area contributed by atoms with Crippen molar-refractivity contribution in [3.05, 3.63) is 43.7 Å². The van der Waals surface area contributed by atoms with Crippen LogP contribution in [0.1, 0.15) is 105 Å². The van der Waals surface area contributed by atoms with E-state index in [2.05, 4.69) is 71.4 Å². The van der Waals surface area contributed by atoms with Crippen molar-refractivity contribution in [3.63, 3.8) is 0 Å². The molecule has 4 fully saturated rings. The summed E-state index contributed by atoms with van der Waals surface area (Å²) in [6.07, 6.45) is 22.3. The van der Waals surface area contributed by atoms with Gasteiger partial charge in [0.1, 0.15) is 0 Å². The summed E-state index contributed by atoms with van der Waals surface area (Å²) in [5.41, 5.74) is 11.0. The second-order valence-electron chi connectivity index (χ2n) is 13.8. The molecule has 1 heteroatoms. The summed E-state index contributed by atoms with van der Waals surface area (Å²) in [5.74, 6) is 4.85. The van der Waals surface area contributed by atoms with Crippen LogP contribution in [0.3, 0.4) is 0 Å². The van der Waals surface area contributed by atoms with Crippen LogP contribution in [-0.2, 0) is 0 Å². The summed E-state index contributed by atoms with van der Waals surface area (Å²) in [7, 11) is 0. The van der Waals surface area contributed by atoms with E-state index in [0.29, 0.717) is 22.7 Å². The molecule has 4 saturated carbocycles. The van der Waals surface area contributed by atoms with E-state index < -0.39 is 0 Å². The minimum atomic E-state index is -0.221. The van der Waals surface area contributed by atoms with E-state index in [9.17, 15) is 0 Å². The maximum atomic E-state index is 6.98. The van der Waals surface area contributed by atoms with Crippen molar-refractivity contribution in [2.45, 2.75) is 110 Å². The highest BCUT2D eigenvalue weighted by atomic mass is 14.8. The van der Waals surface area contributed by atoms with Crippen molar-refractivity contribution >= 4 is 0 Å². The van der Waals surface area contributed by atoms with Gasteiger partial charge < -0.3 is 5.73 Å². The number of rotatable bonds is 8. The Hall–Kier alpha value is -1.04. The summed E-state index contributed by atoms with van der Waals surface area (Å²) in [5, 5.41) is 0. The number of fused-ring (bicyclic) bond motifs is 5. The lowest BCUT2D eigenvalue weighted by Gasteiger charge is -2.67. The van der Waals surface area contributed by atoms with Gasteiger partial charge in [-0.05, 0) is 128 Å². The van der Waals surface area contributed by atoms with Crippen molar-refractivity contribution in [3.8, 4) is 0 Å². The highest BCUT2D eigenvalue weighted by molar-refractivity contribution is 5.20. The molecule has 190 valence electrons. The Kier molecular flexibility index (Phi) is 7.23. The van der Waals surface area contributed by atoms with Crippen LogP contribution >= 0.6 is 0 Å². The predicted octanol–water partition coefficient (Wildman–Crippen LogP) is 8.87. The molecular formula is C33H53N. The van der Waals surface area contributed by atoms with Crippen LogP contribution in [0.2, 0.25) is 0 Å². The molecular weight excluding hydrogens is 410 g/mol. The summed E-state index contributed by atoms with van der Waals surface area (Å²) >= 11 is 0. The van der Waals surface area contributed by atoms with Gasteiger partial charge in [-0.2, -0.15) is 0 Å². The fourth-order valence-electron chi connectivity index (χ4n) is 10.5. The molecule has 0 spiro atoms. The lowest BCUT2D eigenvalue weighted by atomic mass is 9.39. The fraction of sp³-hybridized carbons (Fsp3) is 0.788. The molecule has 1 nitrogen and oxygen atoms in total. The highest BCUT2D eigenvalue weighted by Gasteiger charge is 2.65. The van der Waals surface area contributed by atoms with E-state index in [4.69, 9.17) is 5.73 Å². The second-order valence-corrected chi connectivity index (χ2v) is 13.8. The first-order valence-corrected chi connectivity index (χ1v) is 14.5. The maximum Gasteiger partial charge on any atom is 0.0391 e. The minimum absolute atomic E-state index is 0.122. The molecule has 0 saturated heterocycles. The van der Waals surface area contributed by atoms with Crippen LogP contribution in [0.15, 0.2) is 43.7 Å². The van der Waals surface area contributed by atoms with Gasteiger partial charge in [-0.25, -0.2) is 0 Å². The normalized spacial score (nSPS) is 45.7. The molecule has 2 N–H and O–H groups in total. The maximum absolute atomic E-state index is 6.98. The molecule has 0 amide bonds. The first-order valence-electron chi connectivity index (χ1n) is 14.5. The van der Waals surface area contributed by atoms with Gasteiger partial charge in [0.2, 0.25) is 0 Å². The Labute approximate surface area is 211 Å². The van der Waals surface area contributed by atoms with Crippen LogP contribution in [0.4, 0.5) is 0 Å². The Morgan fingerprint density at radius 1 is 0.912 bits per heavy atom. The van der Waals surface area contributed by atoms with E-state index in [0.717, 1.165) is 36.5 Å². The van der Waals surface area contributed by atoms with Crippen LogP contribution < -0.4 is 5.73 Å². The van der Waals surface area contributed by atoms with Crippen molar-refractivity contribution in [1.82, 2.24) is 0 Å². The molecule has 9 unspecified atom stereocenters. The van der Waals surface area contributed by atoms with Gasteiger partial charge in [-0.15, -0.1) is 18.9 Å². The molecule has 4 aliphatic carbocycles. The van der Waals surface area contributed by atoms with E-state index in [1.807, 2.05) is 0 Å². The molecule has 0 aliphatic heterocycles. The molecule has 0 aromatic heterocycles. The topological polar surface area (TPSA) is 26.0 Å². The van der Waals surface area contributed by atoms with E-state index >= 15 is 0 Å². The Balaban J connectivity index is 1.55. The van der Waals surface area contributed by atoms with Crippen LogP contribution in [0.25, 0.3) is 0 Å². The van der Waals surface area contributed by atoms with Gasteiger partial charge in [0, 0.05) is 5.54 Å². The third-order valence-electron chi connectivity index (χ3n) is 12.5. The van der Waals surface area contributed by atoms with E-state index in [-0.39, 0.29) is 11.0 Å². The molecule has 0 radical (unpaired) electrons. The Bertz CT molecular complexity index is 816. The van der Waals surface area contributed by atoms with E-state index in [1.165, 1.54) is 64.2 Å². The SMILES string of the molecule is C=C=CC(CCCCC=C)C1CCC2C3CCC4C(C)(CCC(N)(C=C)C4(C)C)C3CCC12C. The molecule has 0 aromatic carbocycles. The Morgan fingerprint density at radius 2 is 1.65 bits per heavy atom. The average Bonchev–Trinajstić information content (AvgIpc) is 3.16. The summed E-state index contributed by atoms with van der Waals surface area (Å²) < 4.78 is 0. The van der Waals surface area contributed by atoms with Gasteiger partial charge in [-0.3, -0.25) is 0 Å². The zero-order chi connectivity index (χ0) is 24.8. The first-order chi connectivity index (χ1) is 16.1. The number of unbranched alkanes of at least 4 members (excludes halogenated alkanes) is 2. The second kappa shape index (κ2) is 9.44. The molecule has 9 atom stereocenters. The smallest absolute Gasteiger partial charge is 0.0391 e. The van der Waals surface area contributed by atoms with Crippen LogP contribution in [0.5, 0.6) is 0 Å². The van der Waals surface area contributed by atoms with E-state index in [1.54, 1.807) is 0 Å². The zero-order valence-corrected chi connectivity index (χ0v) is 22.9. The summed E-state index contributed by atoms with van der Waals surface area (Å²) in [6.45, 7) is 22.3. The fourth-order valence-corrected chi connectivity index (χ4v) is 10.5. The van der Waals surface area contributed by atoms with Gasteiger partial charge in [0.25, 0.3) is 0 Å².